The molecule has 2 N–H and O–H groups in total. The van der Waals surface area contributed by atoms with E-state index >= 15 is 0 Å². The Bertz CT molecular complexity index is 221. The quantitative estimate of drug-likeness (QED) is 0.728. The molecule has 0 radical (unpaired) electrons. The van der Waals surface area contributed by atoms with E-state index in [-0.39, 0.29) is 0 Å². The first kappa shape index (κ1) is 15.2. The molecule has 0 aromatic carbocycles. The molecule has 0 aliphatic carbocycles. The molecule has 1 aliphatic heterocycles. The van der Waals surface area contributed by atoms with Crippen molar-refractivity contribution in [2.24, 2.45) is 5.92 Å². The van der Waals surface area contributed by atoms with Gasteiger partial charge in [-0.3, -0.25) is 0 Å². The van der Waals surface area contributed by atoms with Crippen LogP contribution in [-0.2, 0) is 9.53 Å². The molecule has 4 nitrogen and oxygen atoms in total. The van der Waals surface area contributed by atoms with Crippen molar-refractivity contribution in [1.82, 2.24) is 5.32 Å². The number of piperidine rings is 1. The first-order valence-corrected chi connectivity index (χ1v) is 4.82. The van der Waals surface area contributed by atoms with E-state index < -0.39 is 12.1 Å². The van der Waals surface area contributed by atoms with Crippen LogP contribution in [0.1, 0.15) is 13.3 Å². The number of hydrogen-bond donors (Lipinski definition) is 2. The number of hydrogen-bond acceptors (Lipinski definition) is 3. The van der Waals surface area contributed by atoms with Crippen molar-refractivity contribution >= 4 is 5.97 Å². The minimum absolute atomic E-state index is 0.492. The van der Waals surface area contributed by atoms with Gasteiger partial charge >= 0.3 is 12.1 Å². The molecule has 0 saturated carbocycles. The van der Waals surface area contributed by atoms with E-state index in [1.165, 1.54) is 0 Å². The maximum atomic E-state index is 10.6. The topological polar surface area (TPSA) is 58.6 Å². The summed E-state index contributed by atoms with van der Waals surface area (Å²) >= 11 is 0. The molecule has 16 heavy (non-hydrogen) atoms. The van der Waals surface area contributed by atoms with E-state index in [1.807, 2.05) is 0 Å². The van der Waals surface area contributed by atoms with Crippen LogP contribution in [0.2, 0.25) is 0 Å². The number of carboxylic acids is 1. The number of rotatable bonds is 1. The van der Waals surface area contributed by atoms with Gasteiger partial charge in [-0.25, -0.2) is 4.79 Å². The third-order valence-electron chi connectivity index (χ3n) is 2.25. The summed E-state index contributed by atoms with van der Waals surface area (Å²) in [6.07, 6.45) is -3.43. The zero-order valence-electron chi connectivity index (χ0n) is 9.17. The third-order valence-corrected chi connectivity index (χ3v) is 2.25. The van der Waals surface area contributed by atoms with Gasteiger partial charge in [0.15, 0.2) is 0 Å². The fourth-order valence-electron chi connectivity index (χ4n) is 1.34. The number of nitrogens with one attached hydrogen (secondary N) is 1. The summed E-state index contributed by atoms with van der Waals surface area (Å²) < 4.78 is 37.0. The van der Waals surface area contributed by atoms with E-state index in [1.54, 1.807) is 7.11 Å². The lowest BCUT2D eigenvalue weighted by Gasteiger charge is -2.27. The Kier molecular flexibility index (Phi) is 6.35. The van der Waals surface area contributed by atoms with Crippen molar-refractivity contribution in [2.45, 2.75) is 25.6 Å². The first-order chi connectivity index (χ1) is 7.29. The minimum atomic E-state index is -5.08. The number of carbonyl (C=O) groups is 1. The second kappa shape index (κ2) is 6.70. The molecule has 0 aromatic heterocycles. The van der Waals surface area contributed by atoms with Crippen molar-refractivity contribution in [3.8, 4) is 0 Å². The molecule has 0 unspecified atom stereocenters. The number of alkyl halides is 3. The molecule has 1 heterocycles. The second-order valence-corrected chi connectivity index (χ2v) is 3.55. The van der Waals surface area contributed by atoms with Gasteiger partial charge in [-0.1, -0.05) is 6.92 Å². The molecule has 2 atom stereocenters. The highest BCUT2D eigenvalue weighted by molar-refractivity contribution is 5.73. The molecule has 0 bridgehead atoms. The molecule has 1 fully saturated rings. The Morgan fingerprint density at radius 3 is 2.25 bits per heavy atom. The van der Waals surface area contributed by atoms with E-state index in [9.17, 15) is 13.2 Å². The highest BCUT2D eigenvalue weighted by Gasteiger charge is 2.38. The van der Waals surface area contributed by atoms with Gasteiger partial charge < -0.3 is 15.2 Å². The van der Waals surface area contributed by atoms with Crippen molar-refractivity contribution in [3.05, 3.63) is 0 Å². The Hall–Kier alpha value is -0.820. The predicted octanol–water partition coefficient (Wildman–Crippen LogP) is 1.26. The summed E-state index contributed by atoms with van der Waals surface area (Å²) in [4.78, 5) is 8.90. The number of ether oxygens (including phenoxy) is 1. The van der Waals surface area contributed by atoms with Gasteiger partial charge in [0.2, 0.25) is 0 Å². The molecule has 1 saturated heterocycles. The summed E-state index contributed by atoms with van der Waals surface area (Å²) in [5, 5.41) is 10.4. The van der Waals surface area contributed by atoms with Crippen LogP contribution >= 0.6 is 0 Å². The molecule has 1 rings (SSSR count). The third kappa shape index (κ3) is 5.92. The average Bonchev–Trinajstić information content (AvgIpc) is 2.18. The molecule has 0 amide bonds. The Morgan fingerprint density at radius 2 is 2.00 bits per heavy atom. The summed E-state index contributed by atoms with van der Waals surface area (Å²) in [6.45, 7) is 4.45. The first-order valence-electron chi connectivity index (χ1n) is 4.82. The highest BCUT2D eigenvalue weighted by Crippen LogP contribution is 2.13. The zero-order valence-corrected chi connectivity index (χ0v) is 9.17. The van der Waals surface area contributed by atoms with Crippen LogP contribution in [0.25, 0.3) is 0 Å². The summed E-state index contributed by atoms with van der Waals surface area (Å²) in [6, 6.07) is 0. The molecule has 7 heteroatoms. The maximum absolute atomic E-state index is 10.6. The number of aliphatic carboxylic acids is 1. The van der Waals surface area contributed by atoms with Gasteiger partial charge in [0.1, 0.15) is 0 Å². The maximum Gasteiger partial charge on any atom is 0.490 e. The Morgan fingerprint density at radius 1 is 1.50 bits per heavy atom. The van der Waals surface area contributed by atoms with Crippen LogP contribution in [0.3, 0.4) is 0 Å². The minimum Gasteiger partial charge on any atom is -0.475 e. The summed E-state index contributed by atoms with van der Waals surface area (Å²) in [7, 11) is 1.80. The van der Waals surface area contributed by atoms with Crippen molar-refractivity contribution in [1.29, 1.82) is 0 Å². The molecule has 96 valence electrons. The van der Waals surface area contributed by atoms with Crippen molar-refractivity contribution < 1.29 is 27.8 Å². The number of halogens is 3. The van der Waals surface area contributed by atoms with E-state index in [4.69, 9.17) is 14.6 Å². The van der Waals surface area contributed by atoms with Gasteiger partial charge in [-0.2, -0.15) is 13.2 Å². The summed E-state index contributed by atoms with van der Waals surface area (Å²) in [5.74, 6) is -2.07. The molecule has 0 spiro atoms. The molecular formula is C9H16F3NO3. The van der Waals surface area contributed by atoms with E-state index in [2.05, 4.69) is 12.2 Å². The zero-order chi connectivity index (χ0) is 12.8. The standard InChI is InChI=1S/C7H15NO.C2HF3O2/c1-6-5-8-4-3-7(6)9-2;3-2(4,5)1(6)7/h6-8H,3-5H2,1-2H3;(H,6,7)/t6-,7+;/m0./s1. The average molecular weight is 243 g/mol. The fourth-order valence-corrected chi connectivity index (χ4v) is 1.34. The smallest absolute Gasteiger partial charge is 0.475 e. The lowest BCUT2D eigenvalue weighted by atomic mass is 9.98. The largest absolute Gasteiger partial charge is 0.490 e. The van der Waals surface area contributed by atoms with E-state index in [0.29, 0.717) is 12.0 Å². The van der Waals surface area contributed by atoms with Crippen LogP contribution < -0.4 is 5.32 Å². The molecule has 0 aromatic rings. The van der Waals surface area contributed by atoms with Gasteiger partial charge in [0.25, 0.3) is 0 Å². The highest BCUT2D eigenvalue weighted by atomic mass is 19.4. The van der Waals surface area contributed by atoms with Gasteiger partial charge in [-0.05, 0) is 18.9 Å². The van der Waals surface area contributed by atoms with Gasteiger partial charge in [0, 0.05) is 13.7 Å². The SMILES string of the molecule is CO[C@@H]1CCNC[C@@H]1C.O=C(O)C(F)(F)F. The number of methoxy groups -OCH3 is 1. The van der Waals surface area contributed by atoms with Crippen LogP contribution in [-0.4, -0.2) is 43.6 Å². The lowest BCUT2D eigenvalue weighted by molar-refractivity contribution is -0.192. The normalized spacial score (nSPS) is 25.6. The van der Waals surface area contributed by atoms with Crippen LogP contribution in [0.4, 0.5) is 13.2 Å². The van der Waals surface area contributed by atoms with Crippen molar-refractivity contribution in [2.75, 3.05) is 20.2 Å². The van der Waals surface area contributed by atoms with Gasteiger partial charge in [-0.15, -0.1) is 0 Å². The Labute approximate surface area is 91.8 Å². The van der Waals surface area contributed by atoms with Crippen LogP contribution in [0, 0.1) is 5.92 Å². The monoisotopic (exact) mass is 243 g/mol. The fraction of sp³-hybridized carbons (Fsp3) is 0.889. The van der Waals surface area contributed by atoms with Crippen molar-refractivity contribution in [3.63, 3.8) is 0 Å². The van der Waals surface area contributed by atoms with Crippen LogP contribution in [0.5, 0.6) is 0 Å². The Balaban J connectivity index is 0.000000293. The number of carboxylic acid groups (broad SMARTS) is 1. The van der Waals surface area contributed by atoms with Gasteiger partial charge in [0.05, 0.1) is 6.10 Å². The lowest BCUT2D eigenvalue weighted by Crippen LogP contribution is -2.39. The van der Waals surface area contributed by atoms with Crippen LogP contribution in [0.15, 0.2) is 0 Å². The molecular weight excluding hydrogens is 227 g/mol. The molecule has 1 aliphatic rings. The predicted molar refractivity (Wildman–Crippen MR) is 51.1 cm³/mol. The van der Waals surface area contributed by atoms with E-state index in [0.717, 1.165) is 19.5 Å². The second-order valence-electron chi connectivity index (χ2n) is 3.55. The summed E-state index contributed by atoms with van der Waals surface area (Å²) in [5.41, 5.74) is 0.